The molecule has 1 aromatic heterocycles. The van der Waals surface area contributed by atoms with Crippen LogP contribution in [0.5, 0.6) is 0 Å². The first-order valence-corrected chi connectivity index (χ1v) is 7.84. The van der Waals surface area contributed by atoms with Crippen molar-refractivity contribution in [2.45, 2.75) is 69.5 Å². The molecule has 5 heteroatoms. The van der Waals surface area contributed by atoms with Crippen LogP contribution in [0.2, 0.25) is 0 Å². The van der Waals surface area contributed by atoms with Crippen molar-refractivity contribution < 1.29 is 14.4 Å². The molecule has 0 amide bonds. The molecule has 2 aliphatic carbocycles. The zero-order chi connectivity index (χ0) is 13.9. The molecule has 0 aliphatic heterocycles. The van der Waals surface area contributed by atoms with Crippen molar-refractivity contribution in [1.82, 2.24) is 10.1 Å². The molecular weight excluding hydrogens is 256 g/mol. The number of ether oxygens (including phenoxy) is 1. The van der Waals surface area contributed by atoms with Gasteiger partial charge in [0.15, 0.2) is 0 Å². The molecule has 20 heavy (non-hydrogen) atoms. The monoisotopic (exact) mass is 280 g/mol. The quantitative estimate of drug-likeness (QED) is 0.918. The minimum Gasteiger partial charge on any atom is -0.392 e. The van der Waals surface area contributed by atoms with Crippen molar-refractivity contribution in [1.29, 1.82) is 0 Å². The van der Waals surface area contributed by atoms with Gasteiger partial charge in [0.2, 0.25) is 11.7 Å². The van der Waals surface area contributed by atoms with Gasteiger partial charge in [-0.2, -0.15) is 4.98 Å². The predicted molar refractivity (Wildman–Crippen MR) is 73.2 cm³/mol. The van der Waals surface area contributed by atoms with E-state index in [0.29, 0.717) is 17.6 Å². The molecule has 0 saturated heterocycles. The van der Waals surface area contributed by atoms with Crippen LogP contribution in [0, 0.1) is 5.92 Å². The molecule has 1 N–H and O–H groups in total. The lowest BCUT2D eigenvalue weighted by Gasteiger charge is -2.26. The van der Waals surface area contributed by atoms with Gasteiger partial charge in [-0.05, 0) is 38.0 Å². The second kappa shape index (κ2) is 6.22. The fourth-order valence-corrected chi connectivity index (χ4v) is 3.69. The number of methoxy groups -OCH3 is 1. The Labute approximate surface area is 119 Å². The smallest absolute Gasteiger partial charge is 0.232 e. The number of rotatable bonds is 4. The summed E-state index contributed by atoms with van der Waals surface area (Å²) in [6.45, 7) is 0. The van der Waals surface area contributed by atoms with Crippen molar-refractivity contribution in [3.05, 3.63) is 11.7 Å². The highest BCUT2D eigenvalue weighted by Crippen LogP contribution is 2.37. The first-order chi connectivity index (χ1) is 9.79. The molecule has 1 heterocycles. The van der Waals surface area contributed by atoms with Crippen molar-refractivity contribution >= 4 is 0 Å². The standard InChI is InChI=1S/C15H24N2O3/c1-19-13(10-6-3-2-4-7-10)14-16-15(20-17-14)11-8-5-9-12(11)18/h10-13,18H,2-9H2,1H3. The summed E-state index contributed by atoms with van der Waals surface area (Å²) in [5, 5.41) is 14.1. The Morgan fingerprint density at radius 3 is 2.60 bits per heavy atom. The molecule has 1 aromatic rings. The van der Waals surface area contributed by atoms with Crippen molar-refractivity contribution in [3.63, 3.8) is 0 Å². The van der Waals surface area contributed by atoms with Gasteiger partial charge in [-0.1, -0.05) is 24.4 Å². The summed E-state index contributed by atoms with van der Waals surface area (Å²) >= 11 is 0. The lowest BCUT2D eigenvalue weighted by Crippen LogP contribution is -2.19. The van der Waals surface area contributed by atoms with Gasteiger partial charge in [0, 0.05) is 7.11 Å². The lowest BCUT2D eigenvalue weighted by atomic mass is 9.85. The lowest BCUT2D eigenvalue weighted by molar-refractivity contribution is 0.0273. The average molecular weight is 280 g/mol. The van der Waals surface area contributed by atoms with Crippen molar-refractivity contribution in [2.24, 2.45) is 5.92 Å². The van der Waals surface area contributed by atoms with Crippen LogP contribution in [-0.2, 0) is 4.74 Å². The van der Waals surface area contributed by atoms with Crippen LogP contribution in [0.4, 0.5) is 0 Å². The van der Waals surface area contributed by atoms with Gasteiger partial charge < -0.3 is 14.4 Å². The summed E-state index contributed by atoms with van der Waals surface area (Å²) < 4.78 is 11.0. The van der Waals surface area contributed by atoms with Gasteiger partial charge in [0.1, 0.15) is 6.10 Å². The van der Waals surface area contributed by atoms with Gasteiger partial charge in [0.25, 0.3) is 0 Å². The maximum Gasteiger partial charge on any atom is 0.232 e. The Balaban J connectivity index is 1.73. The van der Waals surface area contributed by atoms with E-state index in [1.165, 1.54) is 32.1 Å². The molecule has 3 unspecified atom stereocenters. The van der Waals surface area contributed by atoms with Gasteiger partial charge in [-0.3, -0.25) is 0 Å². The molecule has 0 bridgehead atoms. The minimum absolute atomic E-state index is 0.0140. The largest absolute Gasteiger partial charge is 0.392 e. The second-order valence-corrected chi connectivity index (χ2v) is 6.15. The first kappa shape index (κ1) is 14.0. The topological polar surface area (TPSA) is 68.4 Å². The van der Waals surface area contributed by atoms with Crippen LogP contribution in [0.1, 0.15) is 75.1 Å². The zero-order valence-corrected chi connectivity index (χ0v) is 12.1. The highest BCUT2D eigenvalue weighted by atomic mass is 16.5. The fourth-order valence-electron chi connectivity index (χ4n) is 3.69. The first-order valence-electron chi connectivity index (χ1n) is 7.84. The highest BCUT2D eigenvalue weighted by molar-refractivity contribution is 5.03. The van der Waals surface area contributed by atoms with Crippen LogP contribution in [-0.4, -0.2) is 28.5 Å². The molecule has 5 nitrogen and oxygen atoms in total. The Hall–Kier alpha value is -0.940. The second-order valence-electron chi connectivity index (χ2n) is 6.15. The molecular formula is C15H24N2O3. The maximum atomic E-state index is 9.94. The third kappa shape index (κ3) is 2.74. The molecule has 3 atom stereocenters. The van der Waals surface area contributed by atoms with Crippen molar-refractivity contribution in [3.8, 4) is 0 Å². The summed E-state index contributed by atoms with van der Waals surface area (Å²) in [6, 6.07) is 0. The van der Waals surface area contributed by atoms with Gasteiger partial charge in [-0.15, -0.1) is 0 Å². The fraction of sp³-hybridized carbons (Fsp3) is 0.867. The molecule has 112 valence electrons. The molecule has 0 aromatic carbocycles. The van der Waals surface area contributed by atoms with Crippen LogP contribution in [0.3, 0.4) is 0 Å². The number of aliphatic hydroxyl groups excluding tert-OH is 1. The SMILES string of the molecule is COC(c1noc(C2CCCC2O)n1)C1CCCCC1. The summed E-state index contributed by atoms with van der Waals surface area (Å²) in [7, 11) is 1.72. The van der Waals surface area contributed by atoms with E-state index in [4.69, 9.17) is 9.26 Å². The summed E-state index contributed by atoms with van der Waals surface area (Å²) in [6.07, 6.45) is 8.59. The Morgan fingerprint density at radius 2 is 1.95 bits per heavy atom. The molecule has 3 rings (SSSR count). The van der Waals surface area contributed by atoms with E-state index < -0.39 is 0 Å². The minimum atomic E-state index is -0.334. The van der Waals surface area contributed by atoms with Gasteiger partial charge >= 0.3 is 0 Å². The number of nitrogens with zero attached hydrogens (tertiary/aromatic N) is 2. The normalized spacial score (nSPS) is 29.7. The van der Waals surface area contributed by atoms with Crippen LogP contribution in [0.25, 0.3) is 0 Å². The van der Waals surface area contributed by atoms with Crippen LogP contribution >= 0.6 is 0 Å². The van der Waals surface area contributed by atoms with Crippen LogP contribution < -0.4 is 0 Å². The third-order valence-electron chi connectivity index (χ3n) is 4.84. The molecule has 0 spiro atoms. The predicted octanol–water partition coefficient (Wildman–Crippen LogP) is 2.97. The molecule has 2 saturated carbocycles. The number of aromatic nitrogens is 2. The van der Waals surface area contributed by atoms with E-state index >= 15 is 0 Å². The van der Waals surface area contributed by atoms with E-state index in [2.05, 4.69) is 10.1 Å². The average Bonchev–Trinajstić information content (AvgIpc) is 3.10. The van der Waals surface area contributed by atoms with E-state index in [9.17, 15) is 5.11 Å². The van der Waals surface area contributed by atoms with E-state index in [1.54, 1.807) is 7.11 Å². The van der Waals surface area contributed by atoms with E-state index in [-0.39, 0.29) is 18.1 Å². The molecule has 0 radical (unpaired) electrons. The Kier molecular flexibility index (Phi) is 4.36. The Bertz CT molecular complexity index is 429. The number of hydrogen-bond acceptors (Lipinski definition) is 5. The van der Waals surface area contributed by atoms with Gasteiger partial charge in [0.05, 0.1) is 12.0 Å². The van der Waals surface area contributed by atoms with Gasteiger partial charge in [-0.25, -0.2) is 0 Å². The summed E-state index contributed by atoms with van der Waals surface area (Å²) in [4.78, 5) is 4.53. The van der Waals surface area contributed by atoms with Crippen molar-refractivity contribution in [2.75, 3.05) is 7.11 Å². The third-order valence-corrected chi connectivity index (χ3v) is 4.84. The highest BCUT2D eigenvalue weighted by Gasteiger charge is 2.34. The van der Waals surface area contributed by atoms with E-state index in [1.807, 2.05) is 0 Å². The van der Waals surface area contributed by atoms with Crippen LogP contribution in [0.15, 0.2) is 4.52 Å². The maximum absolute atomic E-state index is 9.94. The molecule has 2 fully saturated rings. The zero-order valence-electron chi connectivity index (χ0n) is 12.1. The summed E-state index contributed by atoms with van der Waals surface area (Å²) in [5.41, 5.74) is 0. The summed E-state index contributed by atoms with van der Waals surface area (Å²) in [5.74, 6) is 1.75. The molecule has 2 aliphatic rings. The number of hydrogen-bond donors (Lipinski definition) is 1. The number of aliphatic hydroxyl groups is 1. The van der Waals surface area contributed by atoms with E-state index in [0.717, 1.165) is 19.3 Å². The Morgan fingerprint density at radius 1 is 1.15 bits per heavy atom.